The van der Waals surface area contributed by atoms with E-state index < -0.39 is 12.2 Å². The van der Waals surface area contributed by atoms with Crippen molar-refractivity contribution >= 4 is 75.4 Å². The topological polar surface area (TPSA) is 76.2 Å². The van der Waals surface area contributed by atoms with Crippen molar-refractivity contribution in [2.75, 3.05) is 29.6 Å². The fourth-order valence-electron chi connectivity index (χ4n) is 4.68. The highest BCUT2D eigenvalue weighted by Crippen LogP contribution is 2.30. The van der Waals surface area contributed by atoms with Gasteiger partial charge in [-0.15, -0.1) is 0 Å². The molecular weight excluding hydrogens is 648 g/mol. The molecule has 0 aliphatic carbocycles. The number of thioether (sulfide) groups is 1. The van der Waals surface area contributed by atoms with Gasteiger partial charge in [0, 0.05) is 33.9 Å². The van der Waals surface area contributed by atoms with Crippen molar-refractivity contribution in [1.82, 2.24) is 25.1 Å². The van der Waals surface area contributed by atoms with Crippen molar-refractivity contribution in [2.24, 2.45) is 0 Å². The molecule has 2 fully saturated rings. The van der Waals surface area contributed by atoms with Gasteiger partial charge in [-0.1, -0.05) is 82.2 Å². The van der Waals surface area contributed by atoms with Gasteiger partial charge < -0.3 is 15.1 Å². The first-order valence-electron chi connectivity index (χ1n) is 11.8. The molecule has 1 N–H and O–H groups in total. The van der Waals surface area contributed by atoms with Crippen LogP contribution in [0.3, 0.4) is 0 Å². The maximum atomic E-state index is 13.7. The molecule has 4 amide bonds. The smallest absolute Gasteiger partial charge is 0.333 e. The van der Waals surface area contributed by atoms with Crippen LogP contribution in [-0.2, 0) is 22.7 Å². The Balaban J connectivity index is 1.61. The van der Waals surface area contributed by atoms with Crippen LogP contribution in [0.1, 0.15) is 17.5 Å². The van der Waals surface area contributed by atoms with E-state index in [-0.39, 0.29) is 37.5 Å². The predicted molar refractivity (Wildman–Crippen MR) is 155 cm³/mol. The summed E-state index contributed by atoms with van der Waals surface area (Å²) in [6.45, 7) is 0.792. The first-order valence-corrected chi connectivity index (χ1v) is 15.2. The van der Waals surface area contributed by atoms with E-state index in [1.165, 1.54) is 0 Å². The molecule has 8 nitrogen and oxygen atoms in total. The van der Waals surface area contributed by atoms with E-state index in [2.05, 4.69) is 27.9 Å². The van der Waals surface area contributed by atoms with Crippen LogP contribution in [0.5, 0.6) is 0 Å². The fraction of sp³-hybridized carbons (Fsp3) is 0.400. The Hall–Kier alpha value is -1.73. The predicted octanol–water partition coefficient (Wildman–Crippen LogP) is 4.45. The molecule has 2 heterocycles. The zero-order chi connectivity index (χ0) is 26.5. The first-order chi connectivity index (χ1) is 17.8. The number of nitrogens with zero attached hydrogens (tertiary/aromatic N) is 4. The average molecular weight is 676 g/mol. The Kier molecular flexibility index (Phi) is 9.84. The summed E-state index contributed by atoms with van der Waals surface area (Å²) in [5.74, 6) is 0.419. The largest absolute Gasteiger partial charge is 0.334 e. The molecule has 0 saturated carbocycles. The van der Waals surface area contributed by atoms with Crippen LogP contribution in [0.15, 0.2) is 48.5 Å². The molecule has 12 heteroatoms. The van der Waals surface area contributed by atoms with Crippen LogP contribution >= 0.6 is 57.6 Å². The van der Waals surface area contributed by atoms with Gasteiger partial charge in [-0.25, -0.2) is 14.8 Å². The Bertz CT molecular complexity index is 1140. The summed E-state index contributed by atoms with van der Waals surface area (Å²) in [6.07, 6.45) is -0.136. The van der Waals surface area contributed by atoms with E-state index in [9.17, 15) is 14.4 Å². The van der Waals surface area contributed by atoms with E-state index in [0.717, 1.165) is 20.6 Å². The summed E-state index contributed by atoms with van der Waals surface area (Å²) >= 11 is 16.5. The summed E-state index contributed by atoms with van der Waals surface area (Å²) in [5.41, 5.74) is 1.72. The van der Waals surface area contributed by atoms with Crippen LogP contribution < -0.4 is 5.32 Å². The van der Waals surface area contributed by atoms with Gasteiger partial charge in [-0.2, -0.15) is 11.8 Å². The number of urea groups is 1. The molecule has 0 unspecified atom stereocenters. The Morgan fingerprint density at radius 3 is 2.62 bits per heavy atom. The minimum absolute atomic E-state index is 0.0154. The minimum Gasteiger partial charge on any atom is -0.333 e. The number of hydrogen-bond acceptors (Lipinski definition) is 5. The molecular formula is C25H28Cl2IN5O3S. The second-order valence-electron chi connectivity index (χ2n) is 8.86. The molecule has 2 atom stereocenters. The van der Waals surface area contributed by atoms with Crippen molar-refractivity contribution < 1.29 is 14.4 Å². The van der Waals surface area contributed by atoms with Gasteiger partial charge in [0.05, 0.1) is 13.1 Å². The van der Waals surface area contributed by atoms with E-state index in [1.807, 2.05) is 30.3 Å². The summed E-state index contributed by atoms with van der Waals surface area (Å²) in [6, 6.07) is 13.8. The standard InChI is InChI=1S/C25H28Cl2IN5O3S/c1-30-15-23(34)32-21(9-10-37-16-28)24(35)31(13-18-7-8-19(26)11-20(18)27)14-22(32)33(30)25(36)29-12-17-5-3-2-4-6-17/h2-8,11,21-22H,9-10,12-16H2,1H3,(H,29,36)/t21-,22-/m0/s1. The number of amides is 4. The maximum Gasteiger partial charge on any atom is 0.334 e. The molecule has 2 aliphatic rings. The minimum atomic E-state index is -0.661. The zero-order valence-electron chi connectivity index (χ0n) is 20.3. The summed E-state index contributed by atoms with van der Waals surface area (Å²) in [5, 5.41) is 7.14. The van der Waals surface area contributed by atoms with Gasteiger partial charge in [0.2, 0.25) is 11.8 Å². The fourth-order valence-corrected chi connectivity index (χ4v) is 6.59. The van der Waals surface area contributed by atoms with Gasteiger partial charge >= 0.3 is 6.03 Å². The average Bonchev–Trinajstić information content (AvgIpc) is 2.87. The second kappa shape index (κ2) is 12.9. The number of benzene rings is 2. The van der Waals surface area contributed by atoms with E-state index in [0.29, 0.717) is 23.0 Å². The van der Waals surface area contributed by atoms with Crippen molar-refractivity contribution in [3.8, 4) is 0 Å². The Labute approximate surface area is 244 Å². The maximum absolute atomic E-state index is 13.7. The number of rotatable bonds is 8. The zero-order valence-corrected chi connectivity index (χ0v) is 24.8. The molecule has 2 aromatic rings. The number of hydrogen-bond donors (Lipinski definition) is 1. The van der Waals surface area contributed by atoms with Crippen LogP contribution in [0.25, 0.3) is 0 Å². The molecule has 2 saturated heterocycles. The lowest BCUT2D eigenvalue weighted by Gasteiger charge is -2.54. The molecule has 0 bridgehead atoms. The van der Waals surface area contributed by atoms with E-state index in [4.69, 9.17) is 23.2 Å². The summed E-state index contributed by atoms with van der Waals surface area (Å²) in [4.78, 5) is 43.7. The lowest BCUT2D eigenvalue weighted by molar-refractivity contribution is -0.187. The van der Waals surface area contributed by atoms with E-state index in [1.54, 1.807) is 56.8 Å². The van der Waals surface area contributed by atoms with Crippen LogP contribution in [0.4, 0.5) is 4.79 Å². The Morgan fingerprint density at radius 1 is 1.16 bits per heavy atom. The number of hydrazine groups is 1. The molecule has 0 radical (unpaired) electrons. The third-order valence-electron chi connectivity index (χ3n) is 6.42. The van der Waals surface area contributed by atoms with Crippen LogP contribution in [0, 0.1) is 0 Å². The highest BCUT2D eigenvalue weighted by Gasteiger charge is 2.50. The molecule has 198 valence electrons. The number of nitrogens with one attached hydrogen (secondary N) is 1. The summed E-state index contributed by atoms with van der Waals surface area (Å²) in [7, 11) is 1.72. The van der Waals surface area contributed by atoms with Gasteiger partial charge in [0.15, 0.2) is 0 Å². The molecule has 0 aromatic heterocycles. The molecule has 4 rings (SSSR count). The highest BCUT2D eigenvalue weighted by atomic mass is 127. The lowest BCUT2D eigenvalue weighted by Crippen LogP contribution is -2.75. The van der Waals surface area contributed by atoms with Gasteiger partial charge in [0.1, 0.15) is 12.2 Å². The van der Waals surface area contributed by atoms with Crippen LogP contribution in [0.2, 0.25) is 10.0 Å². The third-order valence-corrected chi connectivity index (χ3v) is 9.01. The number of piperazine rings is 1. The van der Waals surface area contributed by atoms with Crippen molar-refractivity contribution in [2.45, 2.75) is 31.7 Å². The molecule has 2 aromatic carbocycles. The SMILES string of the molecule is CN1CC(=O)N2[C@@H](CCSCI)C(=O)N(Cc3ccc(Cl)cc3Cl)C[C@@H]2N1C(=O)NCc1ccccc1. The Morgan fingerprint density at radius 2 is 1.92 bits per heavy atom. The number of likely N-dealkylation sites (N-methyl/N-ethyl adjacent to an activating group) is 1. The van der Waals surface area contributed by atoms with Crippen molar-refractivity contribution in [3.05, 3.63) is 69.7 Å². The quantitative estimate of drug-likeness (QED) is 0.254. The normalized spacial score (nSPS) is 20.3. The van der Waals surface area contributed by atoms with Crippen molar-refractivity contribution in [3.63, 3.8) is 0 Å². The van der Waals surface area contributed by atoms with Gasteiger partial charge in [-0.3, -0.25) is 9.59 Å². The number of carbonyl (C=O) groups is 3. The van der Waals surface area contributed by atoms with Gasteiger partial charge in [-0.05, 0) is 35.4 Å². The van der Waals surface area contributed by atoms with E-state index >= 15 is 0 Å². The molecule has 37 heavy (non-hydrogen) atoms. The molecule has 2 aliphatic heterocycles. The number of halogens is 3. The first kappa shape index (κ1) is 28.3. The molecule has 0 spiro atoms. The number of carbonyl (C=O) groups excluding carboxylic acids is 3. The van der Waals surface area contributed by atoms with Crippen molar-refractivity contribution in [1.29, 1.82) is 0 Å². The van der Waals surface area contributed by atoms with Crippen LogP contribution in [-0.4, -0.2) is 79.5 Å². The monoisotopic (exact) mass is 675 g/mol. The summed E-state index contributed by atoms with van der Waals surface area (Å²) < 4.78 is 0.886. The number of alkyl halides is 1. The van der Waals surface area contributed by atoms with Gasteiger partial charge in [0.25, 0.3) is 0 Å². The lowest BCUT2D eigenvalue weighted by atomic mass is 10.0. The second-order valence-corrected chi connectivity index (χ2v) is 12.6. The highest BCUT2D eigenvalue weighted by molar-refractivity contribution is 14.1. The number of fused-ring (bicyclic) bond motifs is 1. The third kappa shape index (κ3) is 6.65.